The van der Waals surface area contributed by atoms with Gasteiger partial charge in [-0.05, 0) is 25.0 Å². The molecule has 5 nitrogen and oxygen atoms in total. The van der Waals surface area contributed by atoms with Crippen LogP contribution in [-0.4, -0.2) is 56.0 Å². The summed E-state index contributed by atoms with van der Waals surface area (Å²) >= 11 is 11.6. The van der Waals surface area contributed by atoms with Gasteiger partial charge in [-0.3, -0.25) is 4.79 Å². The van der Waals surface area contributed by atoms with E-state index in [4.69, 9.17) is 23.2 Å². The first-order chi connectivity index (χ1) is 10.6. The number of hydrogen-bond acceptors (Lipinski definition) is 3. The van der Waals surface area contributed by atoms with Crippen LogP contribution in [0.2, 0.25) is 10.0 Å². The van der Waals surface area contributed by atoms with Gasteiger partial charge < -0.3 is 4.90 Å². The van der Waals surface area contributed by atoms with Gasteiger partial charge in [-0.1, -0.05) is 23.2 Å². The largest absolute Gasteiger partial charge is 0.339 e. The summed E-state index contributed by atoms with van der Waals surface area (Å²) in [5.41, 5.74) is 0.0432. The number of amides is 1. The lowest BCUT2D eigenvalue weighted by Crippen LogP contribution is -2.47. The molecule has 2 rings (SSSR count). The lowest BCUT2D eigenvalue weighted by atomic mass is 10.0. The zero-order chi connectivity index (χ0) is 17.4. The minimum atomic E-state index is -3.22. The molecule has 1 aromatic carbocycles. The number of benzene rings is 1. The topological polar surface area (TPSA) is 57.7 Å². The van der Waals surface area contributed by atoms with Crippen molar-refractivity contribution in [3.63, 3.8) is 0 Å². The van der Waals surface area contributed by atoms with E-state index in [1.165, 1.54) is 21.5 Å². The number of carbonyl (C=O) groups excluding carboxylic acids is 1. The van der Waals surface area contributed by atoms with Crippen LogP contribution in [0, 0.1) is 5.82 Å². The number of nitrogens with zero attached hydrogens (tertiary/aromatic N) is 2. The molecule has 1 aliphatic rings. The van der Waals surface area contributed by atoms with E-state index >= 15 is 0 Å². The second kappa shape index (κ2) is 6.93. The van der Waals surface area contributed by atoms with E-state index in [1.54, 1.807) is 7.05 Å². The van der Waals surface area contributed by atoms with Crippen LogP contribution in [0.1, 0.15) is 23.2 Å². The Hall–Kier alpha value is -0.890. The van der Waals surface area contributed by atoms with Crippen molar-refractivity contribution in [3.8, 4) is 0 Å². The number of piperidine rings is 1. The van der Waals surface area contributed by atoms with Gasteiger partial charge in [0.05, 0.1) is 21.9 Å². The number of carbonyl (C=O) groups is 1. The first-order valence-electron chi connectivity index (χ1n) is 6.98. The minimum Gasteiger partial charge on any atom is -0.339 e. The lowest BCUT2D eigenvalue weighted by molar-refractivity contribution is 0.0682. The molecule has 128 valence electrons. The average molecular weight is 383 g/mol. The number of rotatable bonds is 3. The summed E-state index contributed by atoms with van der Waals surface area (Å²) in [7, 11) is -1.62. The molecule has 1 aromatic rings. The van der Waals surface area contributed by atoms with Crippen molar-refractivity contribution in [3.05, 3.63) is 33.6 Å². The van der Waals surface area contributed by atoms with E-state index in [9.17, 15) is 17.6 Å². The summed E-state index contributed by atoms with van der Waals surface area (Å²) in [4.78, 5) is 14.0. The van der Waals surface area contributed by atoms with Crippen molar-refractivity contribution in [1.82, 2.24) is 9.21 Å². The van der Waals surface area contributed by atoms with Crippen LogP contribution in [0.4, 0.5) is 4.39 Å². The fourth-order valence-electron chi connectivity index (χ4n) is 2.60. The Balaban J connectivity index is 2.11. The highest BCUT2D eigenvalue weighted by Gasteiger charge is 2.30. The molecule has 0 spiro atoms. The van der Waals surface area contributed by atoms with Crippen LogP contribution < -0.4 is 0 Å². The number of hydrogen-bond donors (Lipinski definition) is 0. The van der Waals surface area contributed by atoms with Gasteiger partial charge in [0.1, 0.15) is 5.82 Å². The number of halogens is 3. The van der Waals surface area contributed by atoms with Crippen LogP contribution >= 0.6 is 23.2 Å². The maximum Gasteiger partial charge on any atom is 0.255 e. The molecule has 23 heavy (non-hydrogen) atoms. The van der Waals surface area contributed by atoms with E-state index in [1.807, 2.05) is 0 Å². The second-order valence-electron chi connectivity index (χ2n) is 5.56. The molecule has 1 amide bonds. The van der Waals surface area contributed by atoms with E-state index in [0.717, 1.165) is 6.07 Å². The first-order valence-corrected chi connectivity index (χ1v) is 9.58. The Morgan fingerprint density at radius 2 is 1.83 bits per heavy atom. The van der Waals surface area contributed by atoms with Gasteiger partial charge in [-0.2, -0.15) is 0 Å². The first kappa shape index (κ1) is 18.4. The molecule has 0 aromatic heterocycles. The molecule has 1 saturated heterocycles. The molecule has 0 N–H and O–H groups in total. The monoisotopic (exact) mass is 382 g/mol. The molecule has 0 radical (unpaired) electrons. The van der Waals surface area contributed by atoms with Crippen LogP contribution in [0.15, 0.2) is 12.1 Å². The Morgan fingerprint density at radius 3 is 2.35 bits per heavy atom. The van der Waals surface area contributed by atoms with Gasteiger partial charge >= 0.3 is 0 Å². The summed E-state index contributed by atoms with van der Waals surface area (Å²) in [6.07, 6.45) is 2.20. The van der Waals surface area contributed by atoms with Crippen molar-refractivity contribution in [1.29, 1.82) is 0 Å². The van der Waals surface area contributed by atoms with Crippen molar-refractivity contribution < 1.29 is 17.6 Å². The summed E-state index contributed by atoms with van der Waals surface area (Å²) in [6, 6.07) is 2.09. The third kappa shape index (κ3) is 4.15. The number of sulfonamides is 1. The Morgan fingerprint density at radius 1 is 1.26 bits per heavy atom. The fraction of sp³-hybridized carbons (Fsp3) is 0.500. The third-order valence-electron chi connectivity index (χ3n) is 4.00. The van der Waals surface area contributed by atoms with E-state index in [-0.39, 0.29) is 21.7 Å². The van der Waals surface area contributed by atoms with E-state index < -0.39 is 21.7 Å². The second-order valence-corrected chi connectivity index (χ2v) is 8.35. The van der Waals surface area contributed by atoms with Gasteiger partial charge in [0.2, 0.25) is 10.0 Å². The minimum absolute atomic E-state index is 0.0432. The van der Waals surface area contributed by atoms with Crippen LogP contribution in [-0.2, 0) is 10.0 Å². The Bertz CT molecular complexity index is 719. The molecule has 0 aliphatic carbocycles. The van der Waals surface area contributed by atoms with Crippen molar-refractivity contribution in [2.75, 3.05) is 26.4 Å². The molecule has 1 aliphatic heterocycles. The molecular weight excluding hydrogens is 366 g/mol. The Kier molecular flexibility index (Phi) is 5.56. The molecule has 1 fully saturated rings. The molecule has 0 atom stereocenters. The summed E-state index contributed by atoms with van der Waals surface area (Å²) in [5, 5.41) is -0.0579. The maximum atomic E-state index is 13.6. The molecule has 1 heterocycles. The van der Waals surface area contributed by atoms with Crippen molar-refractivity contribution >= 4 is 39.1 Å². The summed E-state index contributed by atoms with van der Waals surface area (Å²) < 4.78 is 38.0. The quantitative estimate of drug-likeness (QED) is 0.754. The summed E-state index contributed by atoms with van der Waals surface area (Å²) in [6.45, 7) is 0.702. The zero-order valence-electron chi connectivity index (χ0n) is 12.7. The molecule has 0 saturated carbocycles. The van der Waals surface area contributed by atoms with E-state index in [0.29, 0.717) is 25.9 Å². The molecule has 0 unspecified atom stereocenters. The smallest absolute Gasteiger partial charge is 0.255 e. The van der Waals surface area contributed by atoms with Gasteiger partial charge in [-0.25, -0.2) is 17.1 Å². The zero-order valence-corrected chi connectivity index (χ0v) is 15.1. The fourth-order valence-corrected chi connectivity index (χ4v) is 3.94. The predicted molar refractivity (Wildman–Crippen MR) is 88.0 cm³/mol. The maximum absolute atomic E-state index is 13.6. The SMILES string of the molecule is CN(C(=O)c1cc(F)c(Cl)cc1Cl)C1CCN(S(C)(=O)=O)CC1. The van der Waals surface area contributed by atoms with Gasteiger partial charge in [0.15, 0.2) is 0 Å². The predicted octanol–water partition coefficient (Wildman–Crippen LogP) is 2.63. The Labute approximate surface area is 145 Å². The highest BCUT2D eigenvalue weighted by molar-refractivity contribution is 7.88. The third-order valence-corrected chi connectivity index (χ3v) is 5.91. The normalized spacial score (nSPS) is 17.3. The van der Waals surface area contributed by atoms with Crippen LogP contribution in [0.5, 0.6) is 0 Å². The standard InChI is InChI=1S/C14H17Cl2FN2O3S/c1-18(9-3-5-19(6-4-9)23(2,21)22)14(20)10-7-13(17)12(16)8-11(10)15/h7-9H,3-6H2,1-2H3. The van der Waals surface area contributed by atoms with Gasteiger partial charge in [0, 0.05) is 26.2 Å². The van der Waals surface area contributed by atoms with Crippen LogP contribution in [0.3, 0.4) is 0 Å². The van der Waals surface area contributed by atoms with Crippen molar-refractivity contribution in [2.24, 2.45) is 0 Å². The van der Waals surface area contributed by atoms with Crippen molar-refractivity contribution in [2.45, 2.75) is 18.9 Å². The van der Waals surface area contributed by atoms with Gasteiger partial charge in [-0.15, -0.1) is 0 Å². The molecular formula is C14H17Cl2FN2O3S. The lowest BCUT2D eigenvalue weighted by Gasteiger charge is -2.35. The summed E-state index contributed by atoms with van der Waals surface area (Å²) in [5.74, 6) is -1.12. The average Bonchev–Trinajstić information content (AvgIpc) is 2.49. The van der Waals surface area contributed by atoms with Crippen LogP contribution in [0.25, 0.3) is 0 Å². The molecule has 9 heteroatoms. The molecule has 0 bridgehead atoms. The van der Waals surface area contributed by atoms with E-state index in [2.05, 4.69) is 0 Å². The van der Waals surface area contributed by atoms with Gasteiger partial charge in [0.25, 0.3) is 5.91 Å². The highest BCUT2D eigenvalue weighted by atomic mass is 35.5. The highest BCUT2D eigenvalue weighted by Crippen LogP contribution is 2.27.